The third kappa shape index (κ3) is 8.64. The van der Waals surface area contributed by atoms with Gasteiger partial charge in [0.25, 0.3) is 0 Å². The molecule has 1 aliphatic rings. The van der Waals surface area contributed by atoms with E-state index in [-0.39, 0.29) is 18.3 Å². The van der Waals surface area contributed by atoms with Crippen molar-refractivity contribution in [2.45, 2.75) is 73.2 Å². The molecule has 0 bridgehead atoms. The molecule has 6 heteroatoms. The molecule has 0 aromatic rings. The molecule has 32 heavy (non-hydrogen) atoms. The number of aliphatic hydroxyl groups excluding tert-OH is 1. The Labute approximate surface area is 193 Å². The van der Waals surface area contributed by atoms with Gasteiger partial charge in [0.2, 0.25) is 0 Å². The number of ether oxygens (including phenoxy) is 3. The van der Waals surface area contributed by atoms with Crippen molar-refractivity contribution in [2.75, 3.05) is 19.8 Å². The van der Waals surface area contributed by atoms with Crippen molar-refractivity contribution in [3.63, 3.8) is 0 Å². The van der Waals surface area contributed by atoms with Crippen molar-refractivity contribution >= 4 is 11.8 Å². The van der Waals surface area contributed by atoms with Gasteiger partial charge in [0, 0.05) is 20.1 Å². The summed E-state index contributed by atoms with van der Waals surface area (Å²) in [5, 5.41) is 10.9. The molecule has 1 rings (SSSR count). The molecular weight excluding hydrogens is 408 g/mol. The summed E-state index contributed by atoms with van der Waals surface area (Å²) < 4.78 is 17.0. The van der Waals surface area contributed by atoms with Crippen LogP contribution in [0.25, 0.3) is 0 Å². The van der Waals surface area contributed by atoms with Gasteiger partial charge in [-0.05, 0) is 39.0 Å². The highest BCUT2D eigenvalue weighted by Gasteiger charge is 2.52. The van der Waals surface area contributed by atoms with Crippen molar-refractivity contribution in [2.24, 2.45) is 23.7 Å². The summed E-state index contributed by atoms with van der Waals surface area (Å²) in [7, 11) is 0. The van der Waals surface area contributed by atoms with Crippen LogP contribution in [0.4, 0.5) is 0 Å². The van der Waals surface area contributed by atoms with Gasteiger partial charge in [0.05, 0.1) is 18.4 Å². The smallest absolute Gasteiger partial charge is 0.303 e. The predicted molar refractivity (Wildman–Crippen MR) is 126 cm³/mol. The topological polar surface area (TPSA) is 82.1 Å². The van der Waals surface area contributed by atoms with E-state index in [0.717, 1.165) is 12.0 Å². The minimum atomic E-state index is -1.30. The number of carbonyl (C=O) groups excluding carboxylic acids is 2. The molecule has 0 saturated heterocycles. The largest absolute Gasteiger partial charge is 0.459 e. The van der Waals surface area contributed by atoms with Gasteiger partial charge in [-0.2, -0.15) is 0 Å². The molecule has 0 radical (unpaired) electrons. The zero-order valence-corrected chi connectivity index (χ0v) is 20.7. The number of aliphatic hydroxyl groups is 1. The summed E-state index contributed by atoms with van der Waals surface area (Å²) in [5.41, 5.74) is 0.756. The number of Topliss-reactive ketones (excluding diaryl/α,β-unsaturated/α-hetero) is 1. The number of carbonyl (C=O) groups is 2. The van der Waals surface area contributed by atoms with E-state index in [1.54, 1.807) is 0 Å². The van der Waals surface area contributed by atoms with Crippen LogP contribution in [0.1, 0.15) is 54.9 Å². The normalized spacial score (nSPS) is 28.1. The second-order valence-corrected chi connectivity index (χ2v) is 8.85. The van der Waals surface area contributed by atoms with Gasteiger partial charge < -0.3 is 19.3 Å². The third-order valence-corrected chi connectivity index (χ3v) is 5.58. The Morgan fingerprint density at radius 2 is 1.78 bits per heavy atom. The van der Waals surface area contributed by atoms with Crippen LogP contribution >= 0.6 is 0 Å². The molecule has 0 aliphatic heterocycles. The van der Waals surface area contributed by atoms with Gasteiger partial charge in [-0.15, -0.1) is 0 Å². The molecule has 0 amide bonds. The summed E-state index contributed by atoms with van der Waals surface area (Å²) in [4.78, 5) is 24.9. The summed E-state index contributed by atoms with van der Waals surface area (Å²) in [6.07, 6.45) is 8.46. The number of ketones is 1. The van der Waals surface area contributed by atoms with E-state index in [4.69, 9.17) is 14.2 Å². The molecule has 0 heterocycles. The van der Waals surface area contributed by atoms with E-state index in [2.05, 4.69) is 39.0 Å². The quantitative estimate of drug-likeness (QED) is 0.272. The van der Waals surface area contributed by atoms with Crippen molar-refractivity contribution in [1.29, 1.82) is 0 Å². The molecule has 0 aromatic carbocycles. The van der Waals surface area contributed by atoms with E-state index >= 15 is 0 Å². The average molecular weight is 451 g/mol. The molecule has 1 aliphatic carbocycles. The lowest BCUT2D eigenvalue weighted by atomic mass is 9.71. The number of hydrogen-bond acceptors (Lipinski definition) is 6. The fourth-order valence-electron chi connectivity index (χ4n) is 3.96. The van der Waals surface area contributed by atoms with Gasteiger partial charge in [-0.1, -0.05) is 56.7 Å². The first-order chi connectivity index (χ1) is 15.1. The Kier molecular flexibility index (Phi) is 12.7. The fraction of sp³-hybridized carbons (Fsp3) is 0.692. The summed E-state index contributed by atoms with van der Waals surface area (Å²) in [6, 6.07) is 0. The van der Waals surface area contributed by atoms with Crippen LogP contribution in [0.3, 0.4) is 0 Å². The first-order valence-electron chi connectivity index (χ1n) is 11.7. The molecule has 0 spiro atoms. The van der Waals surface area contributed by atoms with Crippen molar-refractivity contribution in [3.05, 3.63) is 36.0 Å². The highest BCUT2D eigenvalue weighted by molar-refractivity contribution is 5.88. The number of hydrogen-bond donors (Lipinski definition) is 1. The Morgan fingerprint density at radius 1 is 1.09 bits per heavy atom. The molecule has 1 saturated carbocycles. The lowest BCUT2D eigenvalue weighted by Crippen LogP contribution is -2.59. The molecule has 1 N–H and O–H groups in total. The molecular formula is C26H42O6. The van der Waals surface area contributed by atoms with Crippen LogP contribution in [0, 0.1) is 23.7 Å². The van der Waals surface area contributed by atoms with Gasteiger partial charge in [0.1, 0.15) is 18.3 Å². The molecule has 182 valence electrons. The Hall–Kier alpha value is -1.76. The zero-order chi connectivity index (χ0) is 24.3. The molecule has 1 fully saturated rings. The Balaban J connectivity index is 3.15. The second kappa shape index (κ2) is 14.4. The van der Waals surface area contributed by atoms with Crippen molar-refractivity contribution < 1.29 is 28.9 Å². The summed E-state index contributed by atoms with van der Waals surface area (Å²) >= 11 is 0. The number of rotatable bonds is 12. The van der Waals surface area contributed by atoms with E-state index in [1.807, 2.05) is 32.9 Å². The maximum absolute atomic E-state index is 13.0. The van der Waals surface area contributed by atoms with E-state index in [1.165, 1.54) is 6.92 Å². The number of allylic oxidation sites excluding steroid dienone is 5. The third-order valence-electron chi connectivity index (χ3n) is 5.58. The molecule has 0 unspecified atom stereocenters. The lowest BCUT2D eigenvalue weighted by molar-refractivity contribution is -0.188. The maximum atomic E-state index is 13.0. The van der Waals surface area contributed by atoms with E-state index in [9.17, 15) is 14.7 Å². The van der Waals surface area contributed by atoms with Crippen LogP contribution in [0.5, 0.6) is 0 Å². The SMILES string of the molecule is CCOC[C@H]1C(=O)[C@H](O)[C@@H](C(C)=CC=C[C@@H](C)C=CCC(C)C)[C@@H](OC(C)=O)[C@@H]1OCC. The first kappa shape index (κ1) is 28.3. The van der Waals surface area contributed by atoms with Crippen LogP contribution in [-0.4, -0.2) is 55.0 Å². The van der Waals surface area contributed by atoms with Gasteiger partial charge >= 0.3 is 5.97 Å². The standard InChI is InChI=1S/C26H42O6/c1-8-30-16-21-23(28)24(29)22(26(32-20(7)27)25(21)31-9-2)19(6)15-11-14-18(5)13-10-12-17(3)4/h10-11,13-15,17-18,21-22,24-26,29H,8-9,12,16H2,1-7H3/t18-,21-,22+,24+,25+,26+/m0/s1. The van der Waals surface area contributed by atoms with Crippen LogP contribution in [0.2, 0.25) is 0 Å². The summed E-state index contributed by atoms with van der Waals surface area (Å²) in [5.74, 6) is -1.32. The van der Waals surface area contributed by atoms with Gasteiger partial charge in [-0.25, -0.2) is 0 Å². The van der Waals surface area contributed by atoms with E-state index in [0.29, 0.717) is 19.1 Å². The van der Waals surface area contributed by atoms with E-state index < -0.39 is 36.1 Å². The lowest BCUT2D eigenvalue weighted by Gasteiger charge is -2.43. The van der Waals surface area contributed by atoms with Crippen LogP contribution < -0.4 is 0 Å². The van der Waals surface area contributed by atoms with Gasteiger partial charge in [0.15, 0.2) is 5.78 Å². The summed E-state index contributed by atoms with van der Waals surface area (Å²) in [6.45, 7) is 14.2. The highest BCUT2D eigenvalue weighted by Crippen LogP contribution is 2.36. The minimum absolute atomic E-state index is 0.116. The molecule has 6 atom stereocenters. The monoisotopic (exact) mass is 450 g/mol. The molecule has 6 nitrogen and oxygen atoms in total. The zero-order valence-electron chi connectivity index (χ0n) is 20.7. The van der Waals surface area contributed by atoms with Gasteiger partial charge in [-0.3, -0.25) is 9.59 Å². The Bertz CT molecular complexity index is 678. The van der Waals surface area contributed by atoms with Crippen molar-refractivity contribution in [1.82, 2.24) is 0 Å². The molecule has 0 aromatic heterocycles. The average Bonchev–Trinajstić information content (AvgIpc) is 2.71. The van der Waals surface area contributed by atoms with Crippen LogP contribution in [0.15, 0.2) is 36.0 Å². The maximum Gasteiger partial charge on any atom is 0.303 e. The highest BCUT2D eigenvalue weighted by atomic mass is 16.6. The minimum Gasteiger partial charge on any atom is -0.459 e. The van der Waals surface area contributed by atoms with Crippen LogP contribution in [-0.2, 0) is 23.8 Å². The Morgan fingerprint density at radius 3 is 2.34 bits per heavy atom. The van der Waals surface area contributed by atoms with Crippen molar-refractivity contribution in [3.8, 4) is 0 Å². The predicted octanol–water partition coefficient (Wildman–Crippen LogP) is 4.28. The first-order valence-corrected chi connectivity index (χ1v) is 11.7. The number of esters is 1. The fourth-order valence-corrected chi connectivity index (χ4v) is 3.96. The second-order valence-electron chi connectivity index (χ2n) is 8.85.